The molecule has 0 bridgehead atoms. The first kappa shape index (κ1) is 13.4. The maximum Gasteiger partial charge on any atom is 0.0933 e. The molecule has 2 fully saturated rings. The van der Waals surface area contributed by atoms with Crippen molar-refractivity contribution in [2.24, 2.45) is 0 Å². The van der Waals surface area contributed by atoms with Crippen molar-refractivity contribution in [3.05, 3.63) is 34.9 Å². The van der Waals surface area contributed by atoms with Crippen LogP contribution in [0.3, 0.4) is 0 Å². The minimum absolute atomic E-state index is 0.216. The van der Waals surface area contributed by atoms with Gasteiger partial charge in [-0.15, -0.1) is 0 Å². The highest BCUT2D eigenvalue weighted by atomic mass is 35.5. The van der Waals surface area contributed by atoms with E-state index >= 15 is 0 Å². The maximum absolute atomic E-state index is 6.22. The van der Waals surface area contributed by atoms with Crippen LogP contribution < -0.4 is 5.32 Å². The standard InChI is InChI=1S/C15H20ClNO2/c16-15-4-2-1-3-14(15)11-7-12(8-11)17-9-13-10-18-5-6-19-13/h1-4,11-13,17H,5-10H2. The molecule has 0 amide bonds. The molecule has 1 saturated heterocycles. The van der Waals surface area contributed by atoms with Crippen molar-refractivity contribution in [1.29, 1.82) is 0 Å². The van der Waals surface area contributed by atoms with Gasteiger partial charge in [-0.1, -0.05) is 29.8 Å². The highest BCUT2D eigenvalue weighted by Gasteiger charge is 2.31. The lowest BCUT2D eigenvalue weighted by atomic mass is 9.76. The number of nitrogens with one attached hydrogen (secondary N) is 1. The van der Waals surface area contributed by atoms with Gasteiger partial charge in [0.15, 0.2) is 0 Å². The number of rotatable bonds is 4. The Balaban J connectivity index is 1.42. The van der Waals surface area contributed by atoms with Crippen LogP contribution in [-0.4, -0.2) is 38.5 Å². The van der Waals surface area contributed by atoms with Gasteiger partial charge in [-0.05, 0) is 30.4 Å². The van der Waals surface area contributed by atoms with Crippen molar-refractivity contribution < 1.29 is 9.47 Å². The molecule has 1 N–H and O–H groups in total. The third-order valence-electron chi connectivity index (χ3n) is 4.00. The Morgan fingerprint density at radius 2 is 2.05 bits per heavy atom. The fraction of sp³-hybridized carbons (Fsp3) is 0.600. The number of halogens is 1. The van der Waals surface area contributed by atoms with Gasteiger partial charge < -0.3 is 14.8 Å². The molecular formula is C15H20ClNO2. The normalized spacial score (nSPS) is 30.9. The number of hydrogen-bond donors (Lipinski definition) is 1. The topological polar surface area (TPSA) is 30.5 Å². The Morgan fingerprint density at radius 3 is 2.79 bits per heavy atom. The lowest BCUT2D eigenvalue weighted by Crippen LogP contribution is -2.46. The van der Waals surface area contributed by atoms with Crippen molar-refractivity contribution in [3.8, 4) is 0 Å². The second-order valence-corrected chi connectivity index (χ2v) is 5.77. The molecule has 3 nitrogen and oxygen atoms in total. The molecule has 1 saturated carbocycles. The van der Waals surface area contributed by atoms with E-state index in [2.05, 4.69) is 17.4 Å². The van der Waals surface area contributed by atoms with E-state index in [9.17, 15) is 0 Å². The van der Waals surface area contributed by atoms with E-state index in [-0.39, 0.29) is 6.10 Å². The molecular weight excluding hydrogens is 262 g/mol. The van der Waals surface area contributed by atoms with Crippen LogP contribution in [0.1, 0.15) is 24.3 Å². The quantitative estimate of drug-likeness (QED) is 0.920. The average Bonchev–Trinajstić information content (AvgIpc) is 2.40. The van der Waals surface area contributed by atoms with Gasteiger partial charge in [0.1, 0.15) is 0 Å². The highest BCUT2D eigenvalue weighted by molar-refractivity contribution is 6.31. The van der Waals surface area contributed by atoms with E-state index in [1.807, 2.05) is 12.1 Å². The first-order chi connectivity index (χ1) is 9.33. The summed E-state index contributed by atoms with van der Waals surface area (Å²) in [5.74, 6) is 0.606. The van der Waals surface area contributed by atoms with Gasteiger partial charge in [0.05, 0.1) is 25.9 Å². The molecule has 4 heteroatoms. The van der Waals surface area contributed by atoms with Crippen LogP contribution in [0.2, 0.25) is 5.02 Å². The van der Waals surface area contributed by atoms with Crippen LogP contribution in [0, 0.1) is 0 Å². The second kappa shape index (κ2) is 6.23. The Labute approximate surface area is 119 Å². The third kappa shape index (κ3) is 3.29. The first-order valence-electron chi connectivity index (χ1n) is 7.00. The highest BCUT2D eigenvalue weighted by Crippen LogP contribution is 2.39. The van der Waals surface area contributed by atoms with E-state index < -0.39 is 0 Å². The maximum atomic E-state index is 6.22. The van der Waals surface area contributed by atoms with Crippen molar-refractivity contribution >= 4 is 11.6 Å². The van der Waals surface area contributed by atoms with Gasteiger partial charge in [0, 0.05) is 17.6 Å². The molecule has 2 aliphatic rings. The Hall–Kier alpha value is -0.610. The zero-order chi connectivity index (χ0) is 13.1. The van der Waals surface area contributed by atoms with Crippen molar-refractivity contribution in [2.45, 2.75) is 30.9 Å². The van der Waals surface area contributed by atoms with Crippen LogP contribution in [0.25, 0.3) is 0 Å². The Kier molecular flexibility index (Phi) is 4.38. The predicted octanol–water partition coefficient (Wildman–Crippen LogP) is 2.59. The lowest BCUT2D eigenvalue weighted by molar-refractivity contribution is -0.0878. The van der Waals surface area contributed by atoms with E-state index in [0.29, 0.717) is 18.6 Å². The van der Waals surface area contributed by atoms with Gasteiger partial charge in [-0.25, -0.2) is 0 Å². The van der Waals surface area contributed by atoms with Gasteiger partial charge in [0.25, 0.3) is 0 Å². The van der Waals surface area contributed by atoms with Crippen LogP contribution in [0.5, 0.6) is 0 Å². The van der Waals surface area contributed by atoms with Crippen molar-refractivity contribution in [2.75, 3.05) is 26.4 Å². The summed E-state index contributed by atoms with van der Waals surface area (Å²) in [5, 5.41) is 4.46. The molecule has 104 valence electrons. The summed E-state index contributed by atoms with van der Waals surface area (Å²) in [5.41, 5.74) is 1.29. The number of ether oxygens (including phenoxy) is 2. The summed E-state index contributed by atoms with van der Waals surface area (Å²) in [6.07, 6.45) is 2.54. The largest absolute Gasteiger partial charge is 0.376 e. The van der Waals surface area contributed by atoms with E-state index in [0.717, 1.165) is 37.6 Å². The zero-order valence-electron chi connectivity index (χ0n) is 11.0. The molecule has 0 radical (unpaired) electrons. The van der Waals surface area contributed by atoms with Crippen LogP contribution in [-0.2, 0) is 9.47 Å². The second-order valence-electron chi connectivity index (χ2n) is 5.36. The van der Waals surface area contributed by atoms with Crippen molar-refractivity contribution in [1.82, 2.24) is 5.32 Å². The smallest absolute Gasteiger partial charge is 0.0933 e. The molecule has 1 atom stereocenters. The molecule has 3 rings (SSSR count). The summed E-state index contributed by atoms with van der Waals surface area (Å²) in [7, 11) is 0. The van der Waals surface area contributed by atoms with E-state index in [4.69, 9.17) is 21.1 Å². The lowest BCUT2D eigenvalue weighted by Gasteiger charge is -2.38. The summed E-state index contributed by atoms with van der Waals surface area (Å²) >= 11 is 6.22. The molecule has 1 aliphatic carbocycles. The van der Waals surface area contributed by atoms with Crippen molar-refractivity contribution in [3.63, 3.8) is 0 Å². The monoisotopic (exact) mass is 281 g/mol. The molecule has 0 aromatic heterocycles. The van der Waals surface area contributed by atoms with Crippen LogP contribution in [0.15, 0.2) is 24.3 Å². The van der Waals surface area contributed by atoms with E-state index in [1.165, 1.54) is 5.56 Å². The molecule has 1 unspecified atom stereocenters. The zero-order valence-corrected chi connectivity index (χ0v) is 11.7. The fourth-order valence-corrected chi connectivity index (χ4v) is 3.09. The van der Waals surface area contributed by atoms with E-state index in [1.54, 1.807) is 0 Å². The molecule has 0 spiro atoms. The first-order valence-corrected chi connectivity index (χ1v) is 7.38. The SMILES string of the molecule is Clc1ccccc1C1CC(NCC2COCCO2)C1. The summed E-state index contributed by atoms with van der Waals surface area (Å²) < 4.78 is 11.0. The molecule has 1 aromatic rings. The minimum Gasteiger partial charge on any atom is -0.376 e. The molecule has 19 heavy (non-hydrogen) atoms. The van der Waals surface area contributed by atoms with Gasteiger partial charge in [-0.2, -0.15) is 0 Å². The van der Waals surface area contributed by atoms with Crippen LogP contribution in [0.4, 0.5) is 0 Å². The van der Waals surface area contributed by atoms with Crippen LogP contribution >= 0.6 is 11.6 Å². The summed E-state index contributed by atoms with van der Waals surface area (Å²) in [6, 6.07) is 8.76. The molecule has 1 aliphatic heterocycles. The predicted molar refractivity (Wildman–Crippen MR) is 75.8 cm³/mol. The number of hydrogen-bond acceptors (Lipinski definition) is 3. The fourth-order valence-electron chi connectivity index (χ4n) is 2.80. The molecule has 1 aromatic carbocycles. The molecule has 1 heterocycles. The minimum atomic E-state index is 0.216. The Morgan fingerprint density at radius 1 is 1.21 bits per heavy atom. The van der Waals surface area contributed by atoms with Gasteiger partial charge in [0.2, 0.25) is 0 Å². The van der Waals surface area contributed by atoms with Gasteiger partial charge in [-0.3, -0.25) is 0 Å². The Bertz CT molecular complexity index is 414. The summed E-state index contributed by atoms with van der Waals surface area (Å²) in [6.45, 7) is 3.06. The number of benzene rings is 1. The average molecular weight is 282 g/mol. The van der Waals surface area contributed by atoms with Gasteiger partial charge >= 0.3 is 0 Å². The third-order valence-corrected chi connectivity index (χ3v) is 4.35. The summed E-state index contributed by atoms with van der Waals surface area (Å²) in [4.78, 5) is 0.